The molecule has 1 saturated heterocycles. The number of hydrogen-bond acceptors (Lipinski definition) is 4. The average molecular weight is 250 g/mol. The molecule has 1 N–H and O–H groups in total. The number of nitrogens with one attached hydrogen (secondary N) is 1. The molecule has 0 amide bonds. The van der Waals surface area contributed by atoms with E-state index in [0.717, 1.165) is 0 Å². The third-order valence-electron chi connectivity index (χ3n) is 2.40. The van der Waals surface area contributed by atoms with Gasteiger partial charge >= 0.3 is 5.97 Å². The van der Waals surface area contributed by atoms with Crippen LogP contribution in [-0.2, 0) is 19.7 Å². The van der Waals surface area contributed by atoms with Crippen molar-refractivity contribution in [2.45, 2.75) is 32.7 Å². The summed E-state index contributed by atoms with van der Waals surface area (Å²) >= 11 is 0. The smallest absolute Gasteiger partial charge is 0.324 e. The lowest BCUT2D eigenvalue weighted by molar-refractivity contribution is -0.146. The molecule has 1 heterocycles. The number of carbonyl (C=O) groups is 1. The van der Waals surface area contributed by atoms with Crippen molar-refractivity contribution < 1.29 is 17.9 Å². The predicted molar refractivity (Wildman–Crippen MR) is 59.0 cm³/mol. The van der Waals surface area contributed by atoms with Gasteiger partial charge in [-0.15, -0.1) is 0 Å². The quantitative estimate of drug-likeness (QED) is 0.690. The fraction of sp³-hybridized carbons (Fsp3) is 0.889. The minimum absolute atomic E-state index is 0.268. The van der Waals surface area contributed by atoms with Gasteiger partial charge in [-0.25, -0.2) is 4.72 Å². The normalized spacial score (nSPS) is 22.2. The molecule has 1 unspecified atom stereocenters. The van der Waals surface area contributed by atoms with Gasteiger partial charge in [0, 0.05) is 13.1 Å². The zero-order valence-electron chi connectivity index (χ0n) is 9.60. The molecule has 1 aliphatic rings. The molecule has 1 fully saturated rings. The fourth-order valence-electron chi connectivity index (χ4n) is 1.77. The first-order valence-electron chi connectivity index (χ1n) is 5.46. The van der Waals surface area contributed by atoms with Crippen LogP contribution in [0.4, 0.5) is 0 Å². The Labute approximate surface area is 96.1 Å². The molecule has 1 aliphatic heterocycles. The van der Waals surface area contributed by atoms with Crippen molar-refractivity contribution in [3.05, 3.63) is 0 Å². The van der Waals surface area contributed by atoms with Crippen LogP contribution in [0.25, 0.3) is 0 Å². The maximum Gasteiger partial charge on any atom is 0.324 e. The molecule has 7 heteroatoms. The topological polar surface area (TPSA) is 75.7 Å². The first-order valence-corrected chi connectivity index (χ1v) is 6.90. The monoisotopic (exact) mass is 250 g/mol. The first-order chi connectivity index (χ1) is 7.53. The van der Waals surface area contributed by atoms with Gasteiger partial charge in [-0.05, 0) is 19.8 Å². The summed E-state index contributed by atoms with van der Waals surface area (Å²) in [5, 5.41) is 0. The van der Waals surface area contributed by atoms with Crippen LogP contribution < -0.4 is 4.72 Å². The van der Waals surface area contributed by atoms with E-state index >= 15 is 0 Å². The molecule has 16 heavy (non-hydrogen) atoms. The predicted octanol–water partition coefficient (Wildman–Crippen LogP) is -0.132. The highest BCUT2D eigenvalue weighted by molar-refractivity contribution is 7.87. The number of esters is 1. The molecule has 94 valence electrons. The molecule has 0 aliphatic carbocycles. The maximum absolute atomic E-state index is 11.8. The van der Waals surface area contributed by atoms with Crippen LogP contribution in [0.3, 0.4) is 0 Å². The summed E-state index contributed by atoms with van der Waals surface area (Å²) in [5.74, 6) is -0.457. The van der Waals surface area contributed by atoms with Crippen molar-refractivity contribution in [1.82, 2.24) is 9.03 Å². The minimum Gasteiger partial charge on any atom is -0.465 e. The Morgan fingerprint density at radius 3 is 2.75 bits per heavy atom. The van der Waals surface area contributed by atoms with E-state index in [1.54, 1.807) is 13.8 Å². The standard InChI is InChI=1S/C9H18N2O4S/c1-3-10-16(13,14)11-7-5-6-8(11)9(12)15-4-2/h8,10H,3-7H2,1-2H3. The molecule has 0 saturated carbocycles. The summed E-state index contributed by atoms with van der Waals surface area (Å²) in [4.78, 5) is 11.6. The molecular formula is C9H18N2O4S. The van der Waals surface area contributed by atoms with Gasteiger partial charge in [-0.1, -0.05) is 6.92 Å². The molecule has 6 nitrogen and oxygen atoms in total. The Balaban J connectivity index is 2.76. The summed E-state index contributed by atoms with van der Waals surface area (Å²) in [6.45, 7) is 4.36. The second kappa shape index (κ2) is 5.60. The molecular weight excluding hydrogens is 232 g/mol. The van der Waals surface area contributed by atoms with Crippen molar-refractivity contribution in [1.29, 1.82) is 0 Å². The summed E-state index contributed by atoms with van der Waals surface area (Å²) in [5.41, 5.74) is 0. The van der Waals surface area contributed by atoms with Crippen molar-refractivity contribution in [2.24, 2.45) is 0 Å². The van der Waals surface area contributed by atoms with Crippen LogP contribution in [-0.4, -0.2) is 44.4 Å². The van der Waals surface area contributed by atoms with Gasteiger partial charge in [-0.2, -0.15) is 12.7 Å². The van der Waals surface area contributed by atoms with Crippen LogP contribution in [0.1, 0.15) is 26.7 Å². The zero-order chi connectivity index (χ0) is 12.2. The Morgan fingerprint density at radius 2 is 2.19 bits per heavy atom. The molecule has 0 aromatic heterocycles. The van der Waals surface area contributed by atoms with Crippen LogP contribution in [0, 0.1) is 0 Å². The maximum atomic E-state index is 11.8. The molecule has 0 aromatic carbocycles. The second-order valence-corrected chi connectivity index (χ2v) is 5.23. The largest absolute Gasteiger partial charge is 0.465 e. The first kappa shape index (κ1) is 13.4. The van der Waals surface area contributed by atoms with Gasteiger partial charge in [0.25, 0.3) is 10.2 Å². The fourth-order valence-corrected chi connectivity index (χ4v) is 3.19. The van der Waals surface area contributed by atoms with Gasteiger partial charge in [0.1, 0.15) is 6.04 Å². The summed E-state index contributed by atoms with van der Waals surface area (Å²) in [7, 11) is -3.54. The number of hydrogen-bond donors (Lipinski definition) is 1. The van der Waals surface area contributed by atoms with E-state index in [-0.39, 0.29) is 6.61 Å². The van der Waals surface area contributed by atoms with Gasteiger partial charge in [-0.3, -0.25) is 4.79 Å². The summed E-state index contributed by atoms with van der Waals surface area (Å²) < 4.78 is 31.9. The summed E-state index contributed by atoms with van der Waals surface area (Å²) in [6.07, 6.45) is 1.22. The zero-order valence-corrected chi connectivity index (χ0v) is 10.4. The molecule has 0 radical (unpaired) electrons. The van der Waals surface area contributed by atoms with E-state index < -0.39 is 22.2 Å². The number of rotatable bonds is 5. The lowest BCUT2D eigenvalue weighted by Crippen LogP contribution is -2.46. The van der Waals surface area contributed by atoms with Crippen LogP contribution in [0.2, 0.25) is 0 Å². The lowest BCUT2D eigenvalue weighted by Gasteiger charge is -2.22. The van der Waals surface area contributed by atoms with Gasteiger partial charge in [0.15, 0.2) is 0 Å². The lowest BCUT2D eigenvalue weighted by atomic mass is 10.2. The van der Waals surface area contributed by atoms with Crippen LogP contribution >= 0.6 is 0 Å². The third kappa shape index (κ3) is 2.93. The highest BCUT2D eigenvalue weighted by atomic mass is 32.2. The molecule has 1 atom stereocenters. The van der Waals surface area contributed by atoms with Gasteiger partial charge in [0.2, 0.25) is 0 Å². The van der Waals surface area contributed by atoms with Crippen LogP contribution in [0.15, 0.2) is 0 Å². The van der Waals surface area contributed by atoms with E-state index in [1.807, 2.05) is 0 Å². The highest BCUT2D eigenvalue weighted by Crippen LogP contribution is 2.21. The molecule has 1 rings (SSSR count). The second-order valence-electron chi connectivity index (χ2n) is 3.52. The third-order valence-corrected chi connectivity index (χ3v) is 4.11. The van der Waals surface area contributed by atoms with E-state index in [4.69, 9.17) is 4.74 Å². The van der Waals surface area contributed by atoms with Crippen molar-refractivity contribution in [3.8, 4) is 0 Å². The minimum atomic E-state index is -3.54. The highest BCUT2D eigenvalue weighted by Gasteiger charge is 2.39. The SMILES string of the molecule is CCNS(=O)(=O)N1CCCC1C(=O)OCC. The Morgan fingerprint density at radius 1 is 1.50 bits per heavy atom. The number of carbonyl (C=O) groups excluding carboxylic acids is 1. The Kier molecular flexibility index (Phi) is 4.69. The Hall–Kier alpha value is -0.660. The van der Waals surface area contributed by atoms with E-state index in [1.165, 1.54) is 4.31 Å². The molecule has 0 spiro atoms. The van der Waals surface area contributed by atoms with E-state index in [2.05, 4.69) is 4.72 Å². The van der Waals surface area contributed by atoms with E-state index in [0.29, 0.717) is 25.9 Å². The van der Waals surface area contributed by atoms with Gasteiger partial charge < -0.3 is 4.74 Å². The molecule has 0 bridgehead atoms. The Bertz CT molecular complexity index is 341. The number of ether oxygens (including phenoxy) is 1. The van der Waals surface area contributed by atoms with E-state index in [9.17, 15) is 13.2 Å². The van der Waals surface area contributed by atoms with Gasteiger partial charge in [0.05, 0.1) is 6.61 Å². The van der Waals surface area contributed by atoms with Crippen LogP contribution in [0.5, 0.6) is 0 Å². The number of nitrogens with zero attached hydrogens (tertiary/aromatic N) is 1. The van der Waals surface area contributed by atoms with Crippen molar-refractivity contribution in [2.75, 3.05) is 19.7 Å². The van der Waals surface area contributed by atoms with Crippen molar-refractivity contribution in [3.63, 3.8) is 0 Å². The molecule has 0 aromatic rings. The van der Waals surface area contributed by atoms with Crippen molar-refractivity contribution >= 4 is 16.2 Å². The summed E-state index contributed by atoms with van der Waals surface area (Å²) in [6, 6.07) is -0.663. The average Bonchev–Trinajstić information content (AvgIpc) is 2.66.